The summed E-state index contributed by atoms with van der Waals surface area (Å²) in [6, 6.07) is 0. The van der Waals surface area contributed by atoms with Crippen molar-refractivity contribution in [1.82, 2.24) is 10.2 Å². The number of hydrogen-bond acceptors (Lipinski definition) is 3. The van der Waals surface area contributed by atoms with Crippen LogP contribution in [0, 0.1) is 5.92 Å². The zero-order valence-corrected chi connectivity index (χ0v) is 13.4. The molecule has 0 aromatic heterocycles. The normalized spacial score (nSPS) is 19.8. The molecule has 1 unspecified atom stereocenters. The predicted molar refractivity (Wildman–Crippen MR) is 80.3 cm³/mol. The number of carbonyl (C=O) groups is 1. The van der Waals surface area contributed by atoms with Crippen LogP contribution in [0.3, 0.4) is 0 Å². The van der Waals surface area contributed by atoms with Crippen molar-refractivity contribution < 1.29 is 9.53 Å². The van der Waals surface area contributed by atoms with Crippen molar-refractivity contribution in [3.63, 3.8) is 0 Å². The number of amides is 1. The molecule has 4 nitrogen and oxygen atoms in total. The molecule has 0 saturated carbocycles. The van der Waals surface area contributed by atoms with Gasteiger partial charge in [-0.15, -0.1) is 0 Å². The van der Waals surface area contributed by atoms with Gasteiger partial charge in [-0.1, -0.05) is 41.0 Å². The smallest absolute Gasteiger partial charge is 0.222 e. The van der Waals surface area contributed by atoms with Gasteiger partial charge in [0.1, 0.15) is 0 Å². The van der Waals surface area contributed by atoms with E-state index in [2.05, 4.69) is 17.1 Å². The molecule has 1 aliphatic rings. The number of nitrogens with one attached hydrogen (secondary N) is 1. The average molecular weight is 272 g/mol. The minimum absolute atomic E-state index is 0.0507. The third kappa shape index (κ3) is 8.22. The van der Waals surface area contributed by atoms with Crippen LogP contribution in [0.25, 0.3) is 0 Å². The second kappa shape index (κ2) is 11.2. The molecule has 19 heavy (non-hydrogen) atoms. The molecule has 0 aromatic rings. The number of carbonyl (C=O) groups excluding carboxylic acids is 1. The molecule has 1 fully saturated rings. The number of ether oxygens (including phenoxy) is 1. The van der Waals surface area contributed by atoms with Gasteiger partial charge in [0.25, 0.3) is 0 Å². The molecule has 4 heteroatoms. The molecule has 1 N–H and O–H groups in total. The molecule has 0 aliphatic carbocycles. The first-order valence-corrected chi connectivity index (χ1v) is 7.75. The van der Waals surface area contributed by atoms with Crippen LogP contribution in [-0.2, 0) is 9.53 Å². The lowest BCUT2D eigenvalue weighted by Gasteiger charge is -2.33. The first-order chi connectivity index (χ1) is 9.13. The van der Waals surface area contributed by atoms with Crippen molar-refractivity contribution in [2.24, 2.45) is 5.92 Å². The van der Waals surface area contributed by atoms with E-state index >= 15 is 0 Å². The second-order valence-electron chi connectivity index (χ2n) is 5.05. The van der Waals surface area contributed by atoms with Crippen molar-refractivity contribution in [2.75, 3.05) is 32.8 Å². The fourth-order valence-electron chi connectivity index (χ4n) is 1.91. The van der Waals surface area contributed by atoms with Crippen molar-refractivity contribution in [1.29, 1.82) is 0 Å². The minimum atomic E-state index is 0.0507. The molecule has 1 amide bonds. The lowest BCUT2D eigenvalue weighted by Crippen LogP contribution is -2.48. The Labute approximate surface area is 118 Å². The van der Waals surface area contributed by atoms with Gasteiger partial charge < -0.3 is 10.1 Å². The highest BCUT2D eigenvalue weighted by Gasteiger charge is 2.20. The van der Waals surface area contributed by atoms with E-state index in [1.165, 1.54) is 12.8 Å². The number of nitrogens with zero attached hydrogens (tertiary/aromatic N) is 1. The molecule has 1 rings (SSSR count). The number of unbranched alkanes of at least 4 members (excludes halogenated alkanes) is 1. The molecule has 0 spiro atoms. The molecule has 0 aromatic carbocycles. The van der Waals surface area contributed by atoms with E-state index in [1.807, 2.05) is 27.7 Å². The van der Waals surface area contributed by atoms with Crippen LogP contribution in [0.15, 0.2) is 0 Å². The Bertz CT molecular complexity index is 232. The standard InChI is InChI=1S/C13H26N2O2.C2H6/c1-4-5-6-15-7-8-17-12(10-15)9-14-13(16)11(2)3;1-2/h11-12H,4-10H2,1-3H3,(H,14,16);1-2H3. The topological polar surface area (TPSA) is 41.6 Å². The van der Waals surface area contributed by atoms with Crippen LogP contribution < -0.4 is 5.32 Å². The quantitative estimate of drug-likeness (QED) is 0.806. The molecule has 1 aliphatic heterocycles. The summed E-state index contributed by atoms with van der Waals surface area (Å²) in [5, 5.41) is 2.94. The largest absolute Gasteiger partial charge is 0.374 e. The van der Waals surface area contributed by atoms with Gasteiger partial charge in [-0.2, -0.15) is 0 Å². The van der Waals surface area contributed by atoms with Crippen LogP contribution in [-0.4, -0.2) is 49.7 Å². The van der Waals surface area contributed by atoms with Gasteiger partial charge in [0, 0.05) is 25.6 Å². The van der Waals surface area contributed by atoms with E-state index in [0.29, 0.717) is 6.54 Å². The summed E-state index contributed by atoms with van der Waals surface area (Å²) in [7, 11) is 0. The first kappa shape index (κ1) is 18.4. The lowest BCUT2D eigenvalue weighted by atomic mass is 10.2. The number of morpholine rings is 1. The molecule has 1 saturated heterocycles. The van der Waals surface area contributed by atoms with Crippen molar-refractivity contribution >= 4 is 5.91 Å². The Morgan fingerprint density at radius 1 is 1.42 bits per heavy atom. The van der Waals surface area contributed by atoms with Gasteiger partial charge in [0.2, 0.25) is 5.91 Å². The van der Waals surface area contributed by atoms with Crippen LogP contribution in [0.5, 0.6) is 0 Å². The molecule has 1 atom stereocenters. The van der Waals surface area contributed by atoms with E-state index in [9.17, 15) is 4.79 Å². The minimum Gasteiger partial charge on any atom is -0.374 e. The summed E-state index contributed by atoms with van der Waals surface area (Å²) in [4.78, 5) is 13.9. The van der Waals surface area contributed by atoms with Crippen LogP contribution in [0.2, 0.25) is 0 Å². The van der Waals surface area contributed by atoms with Gasteiger partial charge >= 0.3 is 0 Å². The van der Waals surface area contributed by atoms with Crippen molar-refractivity contribution in [3.05, 3.63) is 0 Å². The number of rotatable bonds is 6. The summed E-state index contributed by atoms with van der Waals surface area (Å²) in [5.41, 5.74) is 0. The fraction of sp³-hybridized carbons (Fsp3) is 0.933. The highest BCUT2D eigenvalue weighted by atomic mass is 16.5. The van der Waals surface area contributed by atoms with E-state index in [4.69, 9.17) is 4.74 Å². The SMILES string of the molecule is CC.CCCCN1CCOC(CNC(=O)C(C)C)C1. The zero-order valence-electron chi connectivity index (χ0n) is 13.4. The molecule has 0 bridgehead atoms. The van der Waals surface area contributed by atoms with Crippen LogP contribution >= 0.6 is 0 Å². The Morgan fingerprint density at radius 3 is 2.68 bits per heavy atom. The third-order valence-corrected chi connectivity index (χ3v) is 3.08. The summed E-state index contributed by atoms with van der Waals surface area (Å²) >= 11 is 0. The zero-order chi connectivity index (χ0) is 14.7. The van der Waals surface area contributed by atoms with Crippen LogP contribution in [0.4, 0.5) is 0 Å². The second-order valence-corrected chi connectivity index (χ2v) is 5.05. The van der Waals surface area contributed by atoms with Crippen molar-refractivity contribution in [3.8, 4) is 0 Å². The summed E-state index contributed by atoms with van der Waals surface area (Å²) in [6.07, 6.45) is 2.63. The molecule has 114 valence electrons. The summed E-state index contributed by atoms with van der Waals surface area (Å²) in [5.74, 6) is 0.161. The van der Waals surface area contributed by atoms with Gasteiger partial charge in [-0.25, -0.2) is 0 Å². The molecule has 0 radical (unpaired) electrons. The number of hydrogen-bond donors (Lipinski definition) is 1. The Morgan fingerprint density at radius 2 is 2.11 bits per heavy atom. The van der Waals surface area contributed by atoms with E-state index in [1.54, 1.807) is 0 Å². The van der Waals surface area contributed by atoms with Gasteiger partial charge in [0.05, 0.1) is 12.7 Å². The van der Waals surface area contributed by atoms with E-state index in [-0.39, 0.29) is 17.9 Å². The van der Waals surface area contributed by atoms with Gasteiger partial charge in [0.15, 0.2) is 0 Å². The maximum atomic E-state index is 11.5. The maximum Gasteiger partial charge on any atom is 0.222 e. The van der Waals surface area contributed by atoms with E-state index < -0.39 is 0 Å². The van der Waals surface area contributed by atoms with Gasteiger partial charge in [-0.05, 0) is 13.0 Å². The Hall–Kier alpha value is -0.610. The Kier molecular flexibility index (Phi) is 10.9. The van der Waals surface area contributed by atoms with Crippen molar-refractivity contribution in [2.45, 2.75) is 53.6 Å². The highest BCUT2D eigenvalue weighted by molar-refractivity contribution is 5.77. The van der Waals surface area contributed by atoms with Gasteiger partial charge in [-0.3, -0.25) is 9.69 Å². The van der Waals surface area contributed by atoms with Crippen LogP contribution in [0.1, 0.15) is 47.5 Å². The average Bonchev–Trinajstić information content (AvgIpc) is 2.45. The van der Waals surface area contributed by atoms with E-state index in [0.717, 1.165) is 26.2 Å². The lowest BCUT2D eigenvalue weighted by molar-refractivity contribution is -0.125. The summed E-state index contributed by atoms with van der Waals surface area (Å²) in [6.45, 7) is 14.6. The fourth-order valence-corrected chi connectivity index (χ4v) is 1.91. The maximum absolute atomic E-state index is 11.5. The predicted octanol–water partition coefficient (Wildman–Crippen LogP) is 2.29. The molecular weight excluding hydrogens is 240 g/mol. The first-order valence-electron chi connectivity index (χ1n) is 7.75. The summed E-state index contributed by atoms with van der Waals surface area (Å²) < 4.78 is 5.66. The molecular formula is C15H32N2O2. The third-order valence-electron chi connectivity index (χ3n) is 3.08. The Balaban J connectivity index is 0.00000154. The monoisotopic (exact) mass is 272 g/mol. The molecule has 1 heterocycles. The highest BCUT2D eigenvalue weighted by Crippen LogP contribution is 2.06.